The van der Waals surface area contributed by atoms with E-state index in [0.717, 1.165) is 17.7 Å². The van der Waals surface area contributed by atoms with Crippen LogP contribution in [0.1, 0.15) is 19.4 Å². The summed E-state index contributed by atoms with van der Waals surface area (Å²) in [5, 5.41) is 3.05. The molecule has 0 aliphatic carbocycles. The number of hydrogen-bond donors (Lipinski definition) is 2. The average Bonchev–Trinajstić information content (AvgIpc) is 2.23. The van der Waals surface area contributed by atoms with Crippen molar-refractivity contribution in [2.45, 2.75) is 20.3 Å². The van der Waals surface area contributed by atoms with Gasteiger partial charge < -0.3 is 11.1 Å². The standard InChI is InChI=1S/C10H17N3.C2H4/c1-7(2)4-8-5-9(12-3)6-13-10(8)11;1-2/h5-7,12H,4H2,1-3H3,(H2,11,13);1-2H2. The Kier molecular flexibility index (Phi) is 6.18. The molecule has 15 heavy (non-hydrogen) atoms. The Bertz CT molecular complexity index is 295. The minimum Gasteiger partial charge on any atom is -0.387 e. The first-order valence-corrected chi connectivity index (χ1v) is 5.05. The summed E-state index contributed by atoms with van der Waals surface area (Å²) < 4.78 is 0. The van der Waals surface area contributed by atoms with Crippen molar-refractivity contribution < 1.29 is 0 Å². The molecule has 0 unspecified atom stereocenters. The summed E-state index contributed by atoms with van der Waals surface area (Å²) >= 11 is 0. The zero-order valence-corrected chi connectivity index (χ0v) is 9.88. The summed E-state index contributed by atoms with van der Waals surface area (Å²) in [6.07, 6.45) is 2.73. The molecule has 0 bridgehead atoms. The number of anilines is 2. The lowest BCUT2D eigenvalue weighted by Gasteiger charge is -2.09. The molecule has 1 rings (SSSR count). The number of aromatic nitrogens is 1. The van der Waals surface area contributed by atoms with Gasteiger partial charge in [0, 0.05) is 7.05 Å². The Morgan fingerprint density at radius 3 is 2.53 bits per heavy atom. The van der Waals surface area contributed by atoms with Crippen LogP contribution < -0.4 is 11.1 Å². The molecule has 0 atom stereocenters. The number of nitrogens with one attached hydrogen (secondary N) is 1. The highest BCUT2D eigenvalue weighted by molar-refractivity contribution is 5.51. The zero-order valence-electron chi connectivity index (χ0n) is 9.88. The molecule has 3 nitrogen and oxygen atoms in total. The van der Waals surface area contributed by atoms with Crippen LogP contribution in [0.3, 0.4) is 0 Å². The summed E-state index contributed by atoms with van der Waals surface area (Å²) in [7, 11) is 1.88. The predicted molar refractivity (Wildman–Crippen MR) is 68.0 cm³/mol. The summed E-state index contributed by atoms with van der Waals surface area (Å²) in [5.41, 5.74) is 7.90. The van der Waals surface area contributed by atoms with Crippen LogP contribution in [0.2, 0.25) is 0 Å². The number of rotatable bonds is 3. The van der Waals surface area contributed by atoms with Crippen LogP contribution in [0.4, 0.5) is 11.5 Å². The predicted octanol–water partition coefficient (Wildman–Crippen LogP) is 2.71. The van der Waals surface area contributed by atoms with E-state index in [4.69, 9.17) is 5.73 Å². The molecule has 0 aromatic carbocycles. The molecular weight excluding hydrogens is 186 g/mol. The van der Waals surface area contributed by atoms with E-state index in [1.165, 1.54) is 0 Å². The van der Waals surface area contributed by atoms with E-state index in [1.54, 1.807) is 6.20 Å². The van der Waals surface area contributed by atoms with Crippen molar-refractivity contribution >= 4 is 11.5 Å². The molecule has 1 aromatic heterocycles. The quantitative estimate of drug-likeness (QED) is 0.749. The molecular formula is C12H21N3. The van der Waals surface area contributed by atoms with Crippen molar-refractivity contribution in [2.24, 2.45) is 5.92 Å². The molecule has 0 fully saturated rings. The molecule has 0 saturated heterocycles. The van der Waals surface area contributed by atoms with Gasteiger partial charge in [0.2, 0.25) is 0 Å². The summed E-state index contributed by atoms with van der Waals surface area (Å²) in [6.45, 7) is 10.3. The first-order chi connectivity index (χ1) is 7.13. The first-order valence-electron chi connectivity index (χ1n) is 5.05. The van der Waals surface area contributed by atoms with Gasteiger partial charge in [-0.25, -0.2) is 4.98 Å². The second-order valence-electron chi connectivity index (χ2n) is 3.62. The Labute approximate surface area is 92.4 Å². The van der Waals surface area contributed by atoms with E-state index in [9.17, 15) is 0 Å². The van der Waals surface area contributed by atoms with E-state index in [1.807, 2.05) is 7.05 Å². The van der Waals surface area contributed by atoms with Gasteiger partial charge in [0.25, 0.3) is 0 Å². The molecule has 0 amide bonds. The molecule has 0 spiro atoms. The van der Waals surface area contributed by atoms with Crippen LogP contribution in [-0.2, 0) is 6.42 Å². The first kappa shape index (κ1) is 13.5. The Morgan fingerprint density at radius 2 is 2.07 bits per heavy atom. The van der Waals surface area contributed by atoms with Crippen LogP contribution >= 0.6 is 0 Å². The summed E-state index contributed by atoms with van der Waals surface area (Å²) in [5.74, 6) is 1.25. The average molecular weight is 207 g/mol. The molecule has 84 valence electrons. The minimum absolute atomic E-state index is 0.608. The minimum atomic E-state index is 0.608. The molecule has 0 aliphatic heterocycles. The molecule has 0 radical (unpaired) electrons. The number of nitrogen functional groups attached to an aromatic ring is 1. The van der Waals surface area contributed by atoms with Crippen molar-refractivity contribution in [3.8, 4) is 0 Å². The molecule has 1 heterocycles. The van der Waals surface area contributed by atoms with Crippen molar-refractivity contribution in [2.75, 3.05) is 18.1 Å². The highest BCUT2D eigenvalue weighted by Gasteiger charge is 2.04. The van der Waals surface area contributed by atoms with Crippen molar-refractivity contribution in [1.82, 2.24) is 4.98 Å². The van der Waals surface area contributed by atoms with Gasteiger partial charge in [0.15, 0.2) is 0 Å². The van der Waals surface area contributed by atoms with Gasteiger partial charge >= 0.3 is 0 Å². The van der Waals surface area contributed by atoms with Gasteiger partial charge in [0.1, 0.15) is 5.82 Å². The van der Waals surface area contributed by atoms with Gasteiger partial charge in [-0.05, 0) is 24.0 Å². The fraction of sp³-hybridized carbons (Fsp3) is 0.417. The highest BCUT2D eigenvalue weighted by Crippen LogP contribution is 2.17. The maximum Gasteiger partial charge on any atom is 0.126 e. The molecule has 0 aliphatic rings. The topological polar surface area (TPSA) is 50.9 Å². The lowest BCUT2D eigenvalue weighted by molar-refractivity contribution is 0.647. The lowest BCUT2D eigenvalue weighted by Crippen LogP contribution is -2.03. The van der Waals surface area contributed by atoms with Gasteiger partial charge in [-0.15, -0.1) is 13.2 Å². The van der Waals surface area contributed by atoms with Crippen LogP contribution in [0, 0.1) is 5.92 Å². The fourth-order valence-electron chi connectivity index (χ4n) is 1.26. The summed E-state index contributed by atoms with van der Waals surface area (Å²) in [6, 6.07) is 2.06. The Hall–Kier alpha value is -1.51. The van der Waals surface area contributed by atoms with E-state index < -0.39 is 0 Å². The Morgan fingerprint density at radius 1 is 1.47 bits per heavy atom. The van der Waals surface area contributed by atoms with Crippen molar-refractivity contribution in [3.63, 3.8) is 0 Å². The van der Waals surface area contributed by atoms with Gasteiger partial charge in [0.05, 0.1) is 11.9 Å². The van der Waals surface area contributed by atoms with E-state index in [2.05, 4.69) is 43.4 Å². The number of nitrogens with zero attached hydrogens (tertiary/aromatic N) is 1. The Balaban J connectivity index is 0.000000921. The van der Waals surface area contributed by atoms with Crippen LogP contribution in [-0.4, -0.2) is 12.0 Å². The third-order valence-corrected chi connectivity index (χ3v) is 1.92. The van der Waals surface area contributed by atoms with E-state index >= 15 is 0 Å². The van der Waals surface area contributed by atoms with Crippen LogP contribution in [0.25, 0.3) is 0 Å². The van der Waals surface area contributed by atoms with E-state index in [-0.39, 0.29) is 0 Å². The maximum atomic E-state index is 5.75. The second-order valence-corrected chi connectivity index (χ2v) is 3.62. The van der Waals surface area contributed by atoms with E-state index in [0.29, 0.717) is 11.7 Å². The van der Waals surface area contributed by atoms with Crippen molar-refractivity contribution in [1.29, 1.82) is 0 Å². The van der Waals surface area contributed by atoms with Gasteiger partial charge in [-0.3, -0.25) is 0 Å². The zero-order chi connectivity index (χ0) is 11.8. The molecule has 0 saturated carbocycles. The lowest BCUT2D eigenvalue weighted by atomic mass is 10.0. The monoisotopic (exact) mass is 207 g/mol. The number of pyridine rings is 1. The largest absolute Gasteiger partial charge is 0.387 e. The highest BCUT2D eigenvalue weighted by atomic mass is 14.9. The number of nitrogens with two attached hydrogens (primary N) is 1. The van der Waals surface area contributed by atoms with Crippen LogP contribution in [0.5, 0.6) is 0 Å². The second kappa shape index (κ2) is 6.87. The molecule has 1 aromatic rings. The normalized spacial score (nSPS) is 9.33. The third kappa shape index (κ3) is 4.49. The number of hydrogen-bond acceptors (Lipinski definition) is 3. The summed E-state index contributed by atoms with van der Waals surface area (Å²) in [4.78, 5) is 4.12. The molecule has 3 heteroatoms. The van der Waals surface area contributed by atoms with Crippen LogP contribution in [0.15, 0.2) is 25.4 Å². The SMILES string of the molecule is C=C.CNc1cnc(N)c(CC(C)C)c1. The van der Waals surface area contributed by atoms with Crippen molar-refractivity contribution in [3.05, 3.63) is 31.0 Å². The maximum absolute atomic E-state index is 5.75. The van der Waals surface area contributed by atoms with Gasteiger partial charge in [-0.1, -0.05) is 13.8 Å². The smallest absolute Gasteiger partial charge is 0.126 e. The third-order valence-electron chi connectivity index (χ3n) is 1.92. The van der Waals surface area contributed by atoms with Gasteiger partial charge in [-0.2, -0.15) is 0 Å². The molecule has 3 N–H and O–H groups in total. The fourth-order valence-corrected chi connectivity index (χ4v) is 1.26.